The number of nitrogens with zero attached hydrogens (tertiary/aromatic N) is 2. The number of likely N-dealkylation sites (tertiary alicyclic amines) is 1. The Morgan fingerprint density at radius 2 is 1.95 bits per heavy atom. The SMILES string of the molecule is Cc1cccc(C(N)=S)c1N1CCC(N2CCCCC2)C1. The topological polar surface area (TPSA) is 32.5 Å². The number of thiocarbonyl (C=S) groups is 1. The van der Waals surface area contributed by atoms with Crippen LogP contribution in [-0.4, -0.2) is 42.1 Å². The van der Waals surface area contributed by atoms with Crippen LogP contribution in [0.3, 0.4) is 0 Å². The molecule has 0 bridgehead atoms. The van der Waals surface area contributed by atoms with Gasteiger partial charge in [-0.05, 0) is 50.9 Å². The van der Waals surface area contributed by atoms with E-state index >= 15 is 0 Å². The lowest BCUT2D eigenvalue weighted by molar-refractivity contribution is 0.175. The van der Waals surface area contributed by atoms with E-state index in [1.807, 2.05) is 6.07 Å². The minimum absolute atomic E-state index is 0.509. The number of benzene rings is 1. The first kappa shape index (κ1) is 14.8. The predicted octanol–water partition coefficient (Wildman–Crippen LogP) is 2.69. The van der Waals surface area contributed by atoms with E-state index < -0.39 is 0 Å². The van der Waals surface area contributed by atoms with Gasteiger partial charge in [-0.1, -0.05) is 30.8 Å². The van der Waals surface area contributed by atoms with Gasteiger partial charge < -0.3 is 10.6 Å². The quantitative estimate of drug-likeness (QED) is 0.870. The van der Waals surface area contributed by atoms with Gasteiger partial charge in [-0.2, -0.15) is 0 Å². The Bertz CT molecular complexity index is 523. The summed E-state index contributed by atoms with van der Waals surface area (Å²) in [5.41, 5.74) is 9.49. The molecule has 1 atom stereocenters. The summed E-state index contributed by atoms with van der Waals surface area (Å²) in [6.07, 6.45) is 5.37. The third-order valence-corrected chi connectivity index (χ3v) is 5.11. The molecule has 2 aliphatic heterocycles. The Kier molecular flexibility index (Phi) is 4.45. The molecule has 2 fully saturated rings. The fourth-order valence-corrected chi connectivity index (χ4v) is 3.97. The third kappa shape index (κ3) is 3.06. The molecule has 2 saturated heterocycles. The monoisotopic (exact) mass is 303 g/mol. The van der Waals surface area contributed by atoms with Crippen LogP contribution in [0.4, 0.5) is 5.69 Å². The summed E-state index contributed by atoms with van der Waals surface area (Å²) in [6, 6.07) is 6.96. The van der Waals surface area contributed by atoms with Crippen LogP contribution in [-0.2, 0) is 0 Å². The van der Waals surface area contributed by atoms with E-state index in [1.165, 1.54) is 50.0 Å². The molecule has 2 heterocycles. The average molecular weight is 303 g/mol. The number of nitrogens with two attached hydrogens (primary N) is 1. The molecular weight excluding hydrogens is 278 g/mol. The van der Waals surface area contributed by atoms with E-state index in [0.29, 0.717) is 11.0 Å². The molecule has 114 valence electrons. The molecule has 0 aromatic heterocycles. The molecule has 0 spiro atoms. The summed E-state index contributed by atoms with van der Waals surface area (Å²) in [5, 5.41) is 0. The van der Waals surface area contributed by atoms with Crippen LogP contribution in [0.15, 0.2) is 18.2 Å². The molecule has 4 heteroatoms. The predicted molar refractivity (Wildman–Crippen MR) is 93.1 cm³/mol. The first-order chi connectivity index (χ1) is 10.2. The number of rotatable bonds is 3. The van der Waals surface area contributed by atoms with Crippen LogP contribution in [0.2, 0.25) is 0 Å². The summed E-state index contributed by atoms with van der Waals surface area (Å²) in [4.78, 5) is 5.68. The smallest absolute Gasteiger partial charge is 0.106 e. The Labute approximate surface area is 133 Å². The normalized spacial score (nSPS) is 23.5. The van der Waals surface area contributed by atoms with Crippen molar-refractivity contribution in [2.24, 2.45) is 5.73 Å². The molecule has 2 N–H and O–H groups in total. The lowest BCUT2D eigenvalue weighted by Crippen LogP contribution is -2.41. The highest BCUT2D eigenvalue weighted by atomic mass is 32.1. The zero-order valence-corrected chi connectivity index (χ0v) is 13.7. The van der Waals surface area contributed by atoms with Crippen LogP contribution >= 0.6 is 12.2 Å². The van der Waals surface area contributed by atoms with E-state index in [1.54, 1.807) is 0 Å². The van der Waals surface area contributed by atoms with Crippen LogP contribution in [0.1, 0.15) is 36.8 Å². The van der Waals surface area contributed by atoms with Crippen molar-refractivity contribution >= 4 is 22.9 Å². The second-order valence-corrected chi connectivity index (χ2v) is 6.76. The first-order valence-electron chi connectivity index (χ1n) is 8.05. The molecular formula is C17H25N3S. The zero-order chi connectivity index (χ0) is 14.8. The molecule has 2 aliphatic rings. The van der Waals surface area contributed by atoms with Crippen molar-refractivity contribution in [3.63, 3.8) is 0 Å². The number of piperidine rings is 1. The molecule has 1 aromatic rings. The summed E-state index contributed by atoms with van der Waals surface area (Å²) in [7, 11) is 0. The van der Waals surface area contributed by atoms with Crippen molar-refractivity contribution in [2.45, 2.75) is 38.6 Å². The van der Waals surface area contributed by atoms with Gasteiger partial charge in [-0.25, -0.2) is 0 Å². The third-order valence-electron chi connectivity index (χ3n) is 4.89. The highest BCUT2D eigenvalue weighted by Crippen LogP contribution is 2.30. The second-order valence-electron chi connectivity index (χ2n) is 6.32. The molecule has 0 amide bonds. The number of aryl methyl sites for hydroxylation is 1. The van der Waals surface area contributed by atoms with Crippen molar-refractivity contribution in [1.29, 1.82) is 0 Å². The van der Waals surface area contributed by atoms with Crippen LogP contribution < -0.4 is 10.6 Å². The minimum atomic E-state index is 0.509. The van der Waals surface area contributed by atoms with Gasteiger partial charge in [0.15, 0.2) is 0 Å². The molecule has 0 radical (unpaired) electrons. The largest absolute Gasteiger partial charge is 0.389 e. The van der Waals surface area contributed by atoms with Gasteiger partial charge in [0.1, 0.15) is 4.99 Å². The molecule has 3 rings (SSSR count). The highest BCUT2D eigenvalue weighted by Gasteiger charge is 2.30. The summed E-state index contributed by atoms with van der Waals surface area (Å²) in [6.45, 7) is 6.93. The van der Waals surface area contributed by atoms with Crippen LogP contribution in [0.5, 0.6) is 0 Å². The first-order valence-corrected chi connectivity index (χ1v) is 8.46. The van der Waals surface area contributed by atoms with Gasteiger partial charge in [-0.3, -0.25) is 4.90 Å². The van der Waals surface area contributed by atoms with E-state index in [2.05, 4.69) is 28.9 Å². The Hall–Kier alpha value is -1.13. The fourth-order valence-electron chi connectivity index (χ4n) is 3.80. The van der Waals surface area contributed by atoms with Gasteiger partial charge in [0.2, 0.25) is 0 Å². The Morgan fingerprint density at radius 1 is 1.19 bits per heavy atom. The van der Waals surface area contributed by atoms with Crippen molar-refractivity contribution in [2.75, 3.05) is 31.1 Å². The van der Waals surface area contributed by atoms with Crippen molar-refractivity contribution in [1.82, 2.24) is 4.90 Å². The number of hydrogen-bond acceptors (Lipinski definition) is 3. The lowest BCUT2D eigenvalue weighted by atomic mass is 10.1. The lowest BCUT2D eigenvalue weighted by Gasteiger charge is -2.32. The highest BCUT2D eigenvalue weighted by molar-refractivity contribution is 7.80. The number of hydrogen-bond donors (Lipinski definition) is 1. The minimum Gasteiger partial charge on any atom is -0.389 e. The maximum atomic E-state index is 5.92. The van der Waals surface area contributed by atoms with E-state index in [4.69, 9.17) is 18.0 Å². The van der Waals surface area contributed by atoms with Gasteiger partial charge in [0.05, 0.1) is 0 Å². The summed E-state index contributed by atoms with van der Waals surface area (Å²) in [5.74, 6) is 0. The fraction of sp³-hybridized carbons (Fsp3) is 0.588. The molecule has 3 nitrogen and oxygen atoms in total. The molecule has 0 aliphatic carbocycles. The maximum absolute atomic E-state index is 5.92. The summed E-state index contributed by atoms with van der Waals surface area (Å²) >= 11 is 5.24. The standard InChI is InChI=1S/C17H25N3S/c1-13-6-5-7-15(17(18)21)16(13)20-11-8-14(12-20)19-9-3-2-4-10-19/h5-7,14H,2-4,8-12H2,1H3,(H2,18,21). The van der Waals surface area contributed by atoms with Crippen molar-refractivity contribution in [3.8, 4) is 0 Å². The van der Waals surface area contributed by atoms with E-state index in [-0.39, 0.29) is 0 Å². The van der Waals surface area contributed by atoms with Crippen LogP contribution in [0.25, 0.3) is 0 Å². The summed E-state index contributed by atoms with van der Waals surface area (Å²) < 4.78 is 0. The van der Waals surface area contributed by atoms with Gasteiger partial charge >= 0.3 is 0 Å². The number of para-hydroxylation sites is 1. The van der Waals surface area contributed by atoms with Crippen molar-refractivity contribution < 1.29 is 0 Å². The Balaban J connectivity index is 1.78. The molecule has 21 heavy (non-hydrogen) atoms. The number of anilines is 1. The maximum Gasteiger partial charge on any atom is 0.106 e. The molecule has 1 unspecified atom stereocenters. The van der Waals surface area contributed by atoms with Gasteiger partial charge in [0, 0.05) is 30.4 Å². The van der Waals surface area contributed by atoms with Gasteiger partial charge in [0.25, 0.3) is 0 Å². The Morgan fingerprint density at radius 3 is 2.67 bits per heavy atom. The second kappa shape index (κ2) is 6.32. The zero-order valence-electron chi connectivity index (χ0n) is 12.8. The average Bonchev–Trinajstić information content (AvgIpc) is 2.97. The van der Waals surface area contributed by atoms with E-state index in [0.717, 1.165) is 18.7 Å². The molecule has 0 saturated carbocycles. The van der Waals surface area contributed by atoms with E-state index in [9.17, 15) is 0 Å². The van der Waals surface area contributed by atoms with Gasteiger partial charge in [-0.15, -0.1) is 0 Å². The van der Waals surface area contributed by atoms with Crippen LogP contribution in [0, 0.1) is 6.92 Å². The molecule has 1 aromatic carbocycles. The van der Waals surface area contributed by atoms with Crippen molar-refractivity contribution in [3.05, 3.63) is 29.3 Å².